The highest BCUT2D eigenvalue weighted by Gasteiger charge is 2.34. The van der Waals surface area contributed by atoms with Crippen LogP contribution in [0.1, 0.15) is 21.6 Å². The van der Waals surface area contributed by atoms with Gasteiger partial charge in [-0.15, -0.1) is 0 Å². The van der Waals surface area contributed by atoms with Gasteiger partial charge < -0.3 is 5.32 Å². The summed E-state index contributed by atoms with van der Waals surface area (Å²) in [4.78, 5) is 15.9. The summed E-state index contributed by atoms with van der Waals surface area (Å²) in [6, 6.07) is 5.43. The zero-order valence-corrected chi connectivity index (χ0v) is 12.4. The van der Waals surface area contributed by atoms with E-state index in [4.69, 9.17) is 11.6 Å². The number of halogens is 5. The molecule has 2 aromatic rings. The Kier molecular flexibility index (Phi) is 5.20. The Labute approximate surface area is 134 Å². The molecule has 8 heteroatoms. The van der Waals surface area contributed by atoms with Crippen molar-refractivity contribution in [1.82, 2.24) is 10.3 Å². The summed E-state index contributed by atoms with van der Waals surface area (Å²) in [5.41, 5.74) is -1.06. The van der Waals surface area contributed by atoms with Gasteiger partial charge in [-0.2, -0.15) is 13.2 Å². The molecule has 0 fully saturated rings. The van der Waals surface area contributed by atoms with Crippen LogP contribution in [-0.4, -0.2) is 17.4 Å². The lowest BCUT2D eigenvalue weighted by atomic mass is 10.1. The number of amides is 1. The molecule has 0 aliphatic rings. The van der Waals surface area contributed by atoms with E-state index in [1.807, 2.05) is 0 Å². The quantitative estimate of drug-likeness (QED) is 0.854. The van der Waals surface area contributed by atoms with Gasteiger partial charge in [-0.1, -0.05) is 11.6 Å². The number of nitrogens with zero attached hydrogens (tertiary/aromatic N) is 1. The van der Waals surface area contributed by atoms with Crippen LogP contribution in [0.2, 0.25) is 5.02 Å². The molecule has 3 nitrogen and oxygen atoms in total. The molecule has 0 spiro atoms. The van der Waals surface area contributed by atoms with E-state index < -0.39 is 23.5 Å². The molecular weight excluding hydrogens is 336 g/mol. The fraction of sp³-hybridized carbons (Fsp3) is 0.200. The predicted molar refractivity (Wildman–Crippen MR) is 76.7 cm³/mol. The SMILES string of the molecule is O=C(NCCc1ccc(Cl)cn1)c1ccc(F)c(C(F)(F)F)c1. The van der Waals surface area contributed by atoms with Crippen molar-refractivity contribution >= 4 is 17.5 Å². The molecule has 0 saturated heterocycles. The molecule has 1 heterocycles. The molecule has 0 atom stereocenters. The standard InChI is InChI=1S/C15H11ClF4N2O/c16-10-2-3-11(22-8-10)5-6-21-14(23)9-1-4-13(17)12(7-9)15(18,19)20/h1-4,7-8H,5-6H2,(H,21,23). The van der Waals surface area contributed by atoms with Crippen molar-refractivity contribution in [3.8, 4) is 0 Å². The van der Waals surface area contributed by atoms with Crippen LogP contribution in [0, 0.1) is 5.82 Å². The molecule has 122 valence electrons. The van der Waals surface area contributed by atoms with Crippen molar-refractivity contribution in [1.29, 1.82) is 0 Å². The summed E-state index contributed by atoms with van der Waals surface area (Å²) in [6.45, 7) is 0.173. The van der Waals surface area contributed by atoms with Crippen molar-refractivity contribution in [3.63, 3.8) is 0 Å². The van der Waals surface area contributed by atoms with Crippen LogP contribution >= 0.6 is 11.6 Å². The third kappa shape index (κ3) is 4.66. The van der Waals surface area contributed by atoms with E-state index in [0.29, 0.717) is 29.3 Å². The smallest absolute Gasteiger partial charge is 0.352 e. The number of nitrogens with one attached hydrogen (secondary N) is 1. The van der Waals surface area contributed by atoms with E-state index in [9.17, 15) is 22.4 Å². The third-order valence-electron chi connectivity index (χ3n) is 2.99. The van der Waals surface area contributed by atoms with Gasteiger partial charge in [0.05, 0.1) is 10.6 Å². The average molecular weight is 347 g/mol. The number of pyridine rings is 1. The molecular formula is C15H11ClF4N2O. The molecule has 0 saturated carbocycles. The van der Waals surface area contributed by atoms with Gasteiger partial charge in [-0.05, 0) is 30.3 Å². The van der Waals surface area contributed by atoms with Gasteiger partial charge in [0.2, 0.25) is 0 Å². The minimum atomic E-state index is -4.85. The van der Waals surface area contributed by atoms with Crippen molar-refractivity contribution < 1.29 is 22.4 Å². The van der Waals surface area contributed by atoms with Gasteiger partial charge in [0.25, 0.3) is 5.91 Å². The van der Waals surface area contributed by atoms with Crippen LogP contribution in [0.5, 0.6) is 0 Å². The Morgan fingerprint density at radius 3 is 2.57 bits per heavy atom. The Morgan fingerprint density at radius 1 is 1.22 bits per heavy atom. The molecule has 2 rings (SSSR count). The van der Waals surface area contributed by atoms with Gasteiger partial charge in [-0.25, -0.2) is 4.39 Å². The van der Waals surface area contributed by atoms with E-state index in [1.54, 1.807) is 12.1 Å². The monoisotopic (exact) mass is 346 g/mol. The summed E-state index contributed by atoms with van der Waals surface area (Å²) >= 11 is 5.69. The van der Waals surface area contributed by atoms with E-state index in [-0.39, 0.29) is 12.1 Å². The van der Waals surface area contributed by atoms with Crippen LogP contribution in [-0.2, 0) is 12.6 Å². The van der Waals surface area contributed by atoms with E-state index in [1.165, 1.54) is 6.20 Å². The molecule has 1 N–H and O–H groups in total. The minimum absolute atomic E-state index is 0.173. The first-order valence-electron chi connectivity index (χ1n) is 6.53. The first-order chi connectivity index (χ1) is 10.8. The third-order valence-corrected chi connectivity index (χ3v) is 3.21. The number of alkyl halides is 3. The molecule has 0 aliphatic heterocycles. The van der Waals surface area contributed by atoms with Crippen LogP contribution in [0.4, 0.5) is 17.6 Å². The maximum atomic E-state index is 13.2. The minimum Gasteiger partial charge on any atom is -0.352 e. The lowest BCUT2D eigenvalue weighted by Gasteiger charge is -2.10. The molecule has 1 aromatic heterocycles. The molecule has 1 aromatic carbocycles. The Bertz CT molecular complexity index is 702. The summed E-state index contributed by atoms with van der Waals surface area (Å²) in [6.07, 6.45) is -3.02. The second-order valence-electron chi connectivity index (χ2n) is 4.67. The van der Waals surface area contributed by atoms with Gasteiger partial charge in [0, 0.05) is 30.4 Å². The number of benzene rings is 1. The Morgan fingerprint density at radius 2 is 1.96 bits per heavy atom. The second-order valence-corrected chi connectivity index (χ2v) is 5.10. The van der Waals surface area contributed by atoms with Crippen LogP contribution in [0.25, 0.3) is 0 Å². The maximum absolute atomic E-state index is 13.2. The van der Waals surface area contributed by atoms with Crippen LogP contribution in [0.15, 0.2) is 36.5 Å². The van der Waals surface area contributed by atoms with Gasteiger partial charge in [0.15, 0.2) is 0 Å². The molecule has 0 aliphatic carbocycles. The zero-order chi connectivity index (χ0) is 17.0. The summed E-state index contributed by atoms with van der Waals surface area (Å²) in [7, 11) is 0. The number of aromatic nitrogens is 1. The summed E-state index contributed by atoms with van der Waals surface area (Å²) < 4.78 is 51.0. The van der Waals surface area contributed by atoms with Gasteiger partial charge in [0.1, 0.15) is 5.82 Å². The lowest BCUT2D eigenvalue weighted by Crippen LogP contribution is -2.26. The van der Waals surface area contributed by atoms with Crippen molar-refractivity contribution in [2.45, 2.75) is 12.6 Å². The Balaban J connectivity index is 1.99. The zero-order valence-electron chi connectivity index (χ0n) is 11.6. The largest absolute Gasteiger partial charge is 0.419 e. The fourth-order valence-electron chi connectivity index (χ4n) is 1.84. The van der Waals surface area contributed by atoms with Crippen molar-refractivity contribution in [2.75, 3.05) is 6.54 Å². The highest BCUT2D eigenvalue weighted by Crippen LogP contribution is 2.31. The van der Waals surface area contributed by atoms with Crippen LogP contribution in [0.3, 0.4) is 0 Å². The molecule has 23 heavy (non-hydrogen) atoms. The average Bonchev–Trinajstić information content (AvgIpc) is 2.48. The maximum Gasteiger partial charge on any atom is 0.419 e. The van der Waals surface area contributed by atoms with Crippen molar-refractivity contribution in [3.05, 3.63) is 64.2 Å². The predicted octanol–water partition coefficient (Wildman–Crippen LogP) is 3.87. The van der Waals surface area contributed by atoms with Gasteiger partial charge >= 0.3 is 6.18 Å². The number of hydrogen-bond acceptors (Lipinski definition) is 2. The normalized spacial score (nSPS) is 11.3. The van der Waals surface area contributed by atoms with E-state index in [2.05, 4.69) is 10.3 Å². The van der Waals surface area contributed by atoms with Gasteiger partial charge in [-0.3, -0.25) is 9.78 Å². The Hall–Kier alpha value is -2.15. The number of hydrogen-bond donors (Lipinski definition) is 1. The molecule has 0 radical (unpaired) electrons. The van der Waals surface area contributed by atoms with E-state index in [0.717, 1.165) is 6.07 Å². The summed E-state index contributed by atoms with van der Waals surface area (Å²) in [5, 5.41) is 2.93. The summed E-state index contributed by atoms with van der Waals surface area (Å²) in [5.74, 6) is -2.14. The number of carbonyl (C=O) groups is 1. The first-order valence-corrected chi connectivity index (χ1v) is 6.90. The molecule has 0 bridgehead atoms. The van der Waals surface area contributed by atoms with E-state index >= 15 is 0 Å². The lowest BCUT2D eigenvalue weighted by molar-refractivity contribution is -0.140. The highest BCUT2D eigenvalue weighted by molar-refractivity contribution is 6.30. The fourth-order valence-corrected chi connectivity index (χ4v) is 1.96. The number of carbonyl (C=O) groups excluding carboxylic acids is 1. The van der Waals surface area contributed by atoms with Crippen LogP contribution < -0.4 is 5.32 Å². The number of rotatable bonds is 4. The second kappa shape index (κ2) is 6.95. The highest BCUT2D eigenvalue weighted by atomic mass is 35.5. The van der Waals surface area contributed by atoms with Crippen molar-refractivity contribution in [2.24, 2.45) is 0 Å². The molecule has 0 unspecified atom stereocenters. The topological polar surface area (TPSA) is 42.0 Å². The molecule has 1 amide bonds. The first kappa shape index (κ1) is 17.2.